The lowest BCUT2D eigenvalue weighted by Crippen LogP contribution is -2.33. The van der Waals surface area contributed by atoms with E-state index < -0.39 is 0 Å². The van der Waals surface area contributed by atoms with Crippen molar-refractivity contribution < 1.29 is 9.53 Å². The first kappa shape index (κ1) is 21.0. The van der Waals surface area contributed by atoms with Gasteiger partial charge in [-0.25, -0.2) is 9.50 Å². The number of thiophene rings is 1. The number of nitrogens with one attached hydrogen (secondary N) is 1. The molecule has 1 aromatic carbocycles. The quantitative estimate of drug-likeness (QED) is 0.435. The van der Waals surface area contributed by atoms with E-state index in [2.05, 4.69) is 56.3 Å². The molecule has 3 heterocycles. The SMILES string of the molecule is C[C@@H](CNC(=O)c1cnn2cccnc12)Oc1cccc(CN(C)Cc2ccsc2)c1. The van der Waals surface area contributed by atoms with Gasteiger partial charge < -0.3 is 10.1 Å². The molecular formula is C23H25N5O2S. The normalized spacial score (nSPS) is 12.2. The summed E-state index contributed by atoms with van der Waals surface area (Å²) >= 11 is 1.72. The van der Waals surface area contributed by atoms with E-state index in [0.29, 0.717) is 17.8 Å². The third-order valence-electron chi connectivity index (χ3n) is 4.79. The summed E-state index contributed by atoms with van der Waals surface area (Å²) in [6, 6.07) is 12.0. The average Bonchev–Trinajstić information content (AvgIpc) is 3.42. The molecule has 1 atom stereocenters. The molecule has 7 nitrogen and oxygen atoms in total. The second kappa shape index (κ2) is 9.72. The van der Waals surface area contributed by atoms with Crippen LogP contribution in [0.1, 0.15) is 28.4 Å². The molecule has 4 aromatic rings. The van der Waals surface area contributed by atoms with Gasteiger partial charge in [-0.15, -0.1) is 0 Å². The van der Waals surface area contributed by atoms with Crippen LogP contribution < -0.4 is 10.1 Å². The number of hydrogen-bond donors (Lipinski definition) is 1. The molecule has 8 heteroatoms. The van der Waals surface area contributed by atoms with Gasteiger partial charge in [-0.3, -0.25) is 9.69 Å². The fourth-order valence-electron chi connectivity index (χ4n) is 3.37. The van der Waals surface area contributed by atoms with Crippen LogP contribution in [0.3, 0.4) is 0 Å². The topological polar surface area (TPSA) is 71.8 Å². The van der Waals surface area contributed by atoms with Gasteiger partial charge in [0, 0.05) is 25.5 Å². The van der Waals surface area contributed by atoms with Gasteiger partial charge in [-0.2, -0.15) is 16.4 Å². The zero-order chi connectivity index (χ0) is 21.6. The fourth-order valence-corrected chi connectivity index (χ4v) is 4.03. The minimum absolute atomic E-state index is 0.183. The summed E-state index contributed by atoms with van der Waals surface area (Å²) in [7, 11) is 2.11. The minimum Gasteiger partial charge on any atom is -0.489 e. The standard InChI is InChI=1S/C23H25N5O2S/c1-17(12-25-23(29)21-13-26-28-9-4-8-24-22(21)28)30-20-6-3-5-18(11-20)14-27(2)15-19-7-10-31-16-19/h3-11,13,16-17H,12,14-15H2,1-2H3,(H,25,29)/t17-/m0/s1. The third kappa shape index (κ3) is 5.48. The van der Waals surface area contributed by atoms with E-state index in [-0.39, 0.29) is 12.0 Å². The Balaban J connectivity index is 1.29. The smallest absolute Gasteiger partial charge is 0.256 e. The predicted octanol–water partition coefficient (Wildman–Crippen LogP) is 3.62. The van der Waals surface area contributed by atoms with E-state index in [9.17, 15) is 4.79 Å². The number of amides is 1. The molecule has 0 spiro atoms. The Bertz CT molecular complexity index is 1140. The number of nitrogens with zero attached hydrogens (tertiary/aromatic N) is 4. The van der Waals surface area contributed by atoms with E-state index in [4.69, 9.17) is 4.74 Å². The van der Waals surface area contributed by atoms with E-state index >= 15 is 0 Å². The van der Waals surface area contributed by atoms with Crippen LogP contribution in [0.25, 0.3) is 5.65 Å². The predicted molar refractivity (Wildman–Crippen MR) is 121 cm³/mol. The third-order valence-corrected chi connectivity index (χ3v) is 5.53. The molecule has 0 fully saturated rings. The molecule has 0 bridgehead atoms. The highest BCUT2D eigenvalue weighted by Gasteiger charge is 2.15. The van der Waals surface area contributed by atoms with Gasteiger partial charge >= 0.3 is 0 Å². The molecule has 0 aliphatic heterocycles. The Hall–Kier alpha value is -3.23. The molecule has 0 saturated heterocycles. The molecular weight excluding hydrogens is 410 g/mol. The van der Waals surface area contributed by atoms with E-state index in [0.717, 1.165) is 18.8 Å². The Morgan fingerprint density at radius 1 is 1.26 bits per heavy atom. The molecule has 0 aliphatic rings. The molecule has 0 unspecified atom stereocenters. The van der Waals surface area contributed by atoms with Crippen LogP contribution in [0.5, 0.6) is 5.75 Å². The second-order valence-corrected chi connectivity index (χ2v) is 8.32. The maximum absolute atomic E-state index is 12.5. The lowest BCUT2D eigenvalue weighted by atomic mass is 10.2. The number of aromatic nitrogens is 3. The zero-order valence-electron chi connectivity index (χ0n) is 17.6. The van der Waals surface area contributed by atoms with E-state index in [1.807, 2.05) is 19.1 Å². The van der Waals surface area contributed by atoms with Gasteiger partial charge in [0.15, 0.2) is 5.65 Å². The first-order chi connectivity index (χ1) is 15.1. The summed E-state index contributed by atoms with van der Waals surface area (Å²) in [5.41, 5.74) is 3.49. The molecule has 1 N–H and O–H groups in total. The number of carbonyl (C=O) groups is 1. The molecule has 1 amide bonds. The van der Waals surface area contributed by atoms with Crippen LogP contribution in [0.4, 0.5) is 0 Å². The van der Waals surface area contributed by atoms with Gasteiger partial charge in [-0.05, 0) is 60.1 Å². The molecule has 31 heavy (non-hydrogen) atoms. The van der Waals surface area contributed by atoms with Gasteiger partial charge in [0.05, 0.1) is 12.7 Å². The van der Waals surface area contributed by atoms with Gasteiger partial charge in [-0.1, -0.05) is 12.1 Å². The fraction of sp³-hybridized carbons (Fsp3) is 0.261. The van der Waals surface area contributed by atoms with Crippen LogP contribution >= 0.6 is 11.3 Å². The monoisotopic (exact) mass is 435 g/mol. The van der Waals surface area contributed by atoms with Crippen LogP contribution in [-0.4, -0.2) is 45.1 Å². The maximum Gasteiger partial charge on any atom is 0.256 e. The Kier molecular flexibility index (Phi) is 6.59. The number of fused-ring (bicyclic) bond motifs is 1. The van der Waals surface area contributed by atoms with Crippen LogP contribution in [0.2, 0.25) is 0 Å². The maximum atomic E-state index is 12.5. The molecule has 0 aliphatic carbocycles. The van der Waals surface area contributed by atoms with Crippen LogP contribution in [0.15, 0.2) is 65.7 Å². The van der Waals surface area contributed by atoms with Crippen LogP contribution in [-0.2, 0) is 13.1 Å². The van der Waals surface area contributed by atoms with Crippen molar-refractivity contribution in [3.63, 3.8) is 0 Å². The van der Waals surface area contributed by atoms with E-state index in [1.54, 1.807) is 34.3 Å². The summed E-state index contributed by atoms with van der Waals surface area (Å²) in [5, 5.41) is 11.3. The Morgan fingerprint density at radius 3 is 2.97 bits per heavy atom. The van der Waals surface area contributed by atoms with Gasteiger partial charge in [0.25, 0.3) is 5.91 Å². The summed E-state index contributed by atoms with van der Waals surface area (Å²) in [6.45, 7) is 4.06. The lowest BCUT2D eigenvalue weighted by Gasteiger charge is -2.18. The van der Waals surface area contributed by atoms with Crippen molar-refractivity contribution in [2.45, 2.75) is 26.1 Å². The Morgan fingerprint density at radius 2 is 2.13 bits per heavy atom. The summed E-state index contributed by atoms with van der Waals surface area (Å²) < 4.78 is 7.61. The molecule has 0 radical (unpaired) electrons. The largest absolute Gasteiger partial charge is 0.489 e. The number of rotatable bonds is 9. The van der Waals surface area contributed by atoms with Crippen LogP contribution in [0, 0.1) is 0 Å². The second-order valence-electron chi connectivity index (χ2n) is 7.54. The summed E-state index contributed by atoms with van der Waals surface area (Å²) in [4.78, 5) is 19.0. The molecule has 0 saturated carbocycles. The zero-order valence-corrected chi connectivity index (χ0v) is 18.4. The van der Waals surface area contributed by atoms with Crippen molar-refractivity contribution >= 4 is 22.9 Å². The summed E-state index contributed by atoms with van der Waals surface area (Å²) in [5.74, 6) is 0.578. The van der Waals surface area contributed by atoms with Gasteiger partial charge in [0.2, 0.25) is 0 Å². The number of carbonyl (C=O) groups excluding carboxylic acids is 1. The summed E-state index contributed by atoms with van der Waals surface area (Å²) in [6.07, 6.45) is 4.75. The highest BCUT2D eigenvalue weighted by atomic mass is 32.1. The molecule has 4 rings (SSSR count). The lowest BCUT2D eigenvalue weighted by molar-refractivity contribution is 0.0933. The number of benzene rings is 1. The van der Waals surface area contributed by atoms with Crippen molar-refractivity contribution in [2.75, 3.05) is 13.6 Å². The highest BCUT2D eigenvalue weighted by molar-refractivity contribution is 7.07. The highest BCUT2D eigenvalue weighted by Crippen LogP contribution is 2.17. The first-order valence-corrected chi connectivity index (χ1v) is 11.0. The van der Waals surface area contributed by atoms with Crippen molar-refractivity contribution in [3.8, 4) is 5.75 Å². The number of hydrogen-bond acceptors (Lipinski definition) is 6. The van der Waals surface area contributed by atoms with Crippen molar-refractivity contribution in [1.82, 2.24) is 24.8 Å². The van der Waals surface area contributed by atoms with E-state index in [1.165, 1.54) is 17.3 Å². The Labute approximate surface area is 185 Å². The van der Waals surface area contributed by atoms with Crippen molar-refractivity contribution in [1.29, 1.82) is 0 Å². The molecule has 160 valence electrons. The first-order valence-electron chi connectivity index (χ1n) is 10.1. The van der Waals surface area contributed by atoms with Gasteiger partial charge in [0.1, 0.15) is 17.4 Å². The average molecular weight is 436 g/mol. The molecule has 3 aromatic heterocycles. The van der Waals surface area contributed by atoms with Crippen molar-refractivity contribution in [3.05, 3.63) is 82.4 Å². The minimum atomic E-state index is -0.215. The van der Waals surface area contributed by atoms with Crippen molar-refractivity contribution in [2.24, 2.45) is 0 Å². The number of ether oxygens (including phenoxy) is 1.